The van der Waals surface area contributed by atoms with Crippen LogP contribution in [0.3, 0.4) is 0 Å². The van der Waals surface area contributed by atoms with E-state index in [0.717, 1.165) is 70.7 Å². The van der Waals surface area contributed by atoms with Crippen molar-refractivity contribution < 1.29 is 2.85 Å². The van der Waals surface area contributed by atoms with E-state index in [4.69, 9.17) is 29.6 Å². The number of nitrogen functional groups attached to an aromatic ring is 3. The summed E-state index contributed by atoms with van der Waals surface area (Å²) in [4.78, 5) is 0. The molecule has 2 rings (SSSR count). The van der Waals surface area contributed by atoms with E-state index < -0.39 is 0 Å². The molecule has 0 atom stereocenters. The summed E-state index contributed by atoms with van der Waals surface area (Å²) in [5.41, 5.74) is 25.2. The molecule has 6 N–H and O–H groups in total. The first-order chi connectivity index (χ1) is 11.9. The number of anilines is 3. The van der Waals surface area contributed by atoms with Crippen LogP contribution in [0.25, 0.3) is 0 Å². The molecule has 0 radical (unpaired) electrons. The van der Waals surface area contributed by atoms with E-state index in [0.29, 0.717) is 0 Å². The summed E-state index contributed by atoms with van der Waals surface area (Å²) in [6, 6.07) is 8.23. The monoisotopic (exact) mass is 384 g/mol. The molecule has 0 unspecified atom stereocenters. The molecule has 0 bridgehead atoms. The van der Waals surface area contributed by atoms with Crippen LogP contribution in [-0.2, 0) is 38.1 Å². The van der Waals surface area contributed by atoms with Gasteiger partial charge >= 0.3 is 23.1 Å². The van der Waals surface area contributed by atoms with Gasteiger partial charge in [0.1, 0.15) is 5.69 Å². The van der Waals surface area contributed by atoms with Crippen molar-refractivity contribution in [2.45, 2.75) is 53.4 Å². The molecule has 2 aromatic rings. The molecule has 6 heteroatoms. The van der Waals surface area contributed by atoms with Gasteiger partial charge in [0.05, 0.1) is 17.1 Å². The maximum absolute atomic E-state index is 5.92. The molecule has 26 heavy (non-hydrogen) atoms. The number of nitrogens with zero attached hydrogens (tertiary/aromatic N) is 1. The number of nitrogens with two attached hydrogens (primary N) is 3. The van der Waals surface area contributed by atoms with Gasteiger partial charge in [-0.05, 0) is 47.9 Å². The first-order valence-electron chi connectivity index (χ1n) is 8.84. The molecule has 0 saturated carbocycles. The van der Waals surface area contributed by atoms with E-state index in [2.05, 4.69) is 56.3 Å². The van der Waals surface area contributed by atoms with Gasteiger partial charge < -0.3 is 20.1 Å². The van der Waals surface area contributed by atoms with Gasteiger partial charge in [-0.15, -0.1) is 0 Å². The number of rotatable bonds is 5. The molecule has 0 amide bonds. The first kappa shape index (κ1) is 24.6. The van der Waals surface area contributed by atoms with E-state index >= 15 is 0 Å². The number of benzene rings is 2. The summed E-state index contributed by atoms with van der Waals surface area (Å²) in [6.07, 6.45) is 3.73. The summed E-state index contributed by atoms with van der Waals surface area (Å²) in [5, 5.41) is 0. The summed E-state index contributed by atoms with van der Waals surface area (Å²) >= 11 is 4.71. The van der Waals surface area contributed by atoms with Crippen molar-refractivity contribution in [1.82, 2.24) is 0 Å². The zero-order valence-corrected chi connectivity index (χ0v) is 18.7. The minimum Gasteiger partial charge on any atom is -1.00 e. The number of hydrogen-bond donors (Lipinski definition) is 3. The molecule has 0 fully saturated rings. The van der Waals surface area contributed by atoms with E-state index in [1.165, 1.54) is 0 Å². The van der Waals surface area contributed by atoms with Gasteiger partial charge in [-0.1, -0.05) is 52.0 Å². The molecule has 140 valence electrons. The molecule has 2 aromatic carbocycles. The van der Waals surface area contributed by atoms with Crippen LogP contribution in [0.15, 0.2) is 28.6 Å². The van der Waals surface area contributed by atoms with Crippen LogP contribution in [0.2, 0.25) is 0 Å². The van der Waals surface area contributed by atoms with Crippen LogP contribution in [0.5, 0.6) is 0 Å². The van der Waals surface area contributed by atoms with E-state index in [-0.39, 0.29) is 25.9 Å². The van der Waals surface area contributed by atoms with Crippen LogP contribution in [0, 0.1) is 0 Å². The SMILES string of the molecule is CCc1ccc(CC)c(N)c1N.CCc1ccc(CC)c(N=S)c1N.[H-].[H-].[Mg+2]. The fourth-order valence-corrected chi connectivity index (χ4v) is 2.96. The van der Waals surface area contributed by atoms with Crippen molar-refractivity contribution in [1.29, 1.82) is 0 Å². The molecule has 0 saturated heterocycles. The number of aryl methyl sites for hydroxylation is 4. The fourth-order valence-electron chi connectivity index (χ4n) is 2.74. The van der Waals surface area contributed by atoms with Gasteiger partial charge in [-0.25, -0.2) is 0 Å². The second kappa shape index (κ2) is 12.1. The van der Waals surface area contributed by atoms with Crippen molar-refractivity contribution in [2.75, 3.05) is 17.2 Å². The Morgan fingerprint density at radius 3 is 1.31 bits per heavy atom. The van der Waals surface area contributed by atoms with Crippen LogP contribution < -0.4 is 17.2 Å². The Kier molecular flexibility index (Phi) is 11.5. The van der Waals surface area contributed by atoms with E-state index in [1.54, 1.807) is 0 Å². The van der Waals surface area contributed by atoms with Crippen molar-refractivity contribution in [3.05, 3.63) is 46.5 Å². The minimum atomic E-state index is 0. The largest absolute Gasteiger partial charge is 2.00 e. The van der Waals surface area contributed by atoms with Crippen LogP contribution in [0.4, 0.5) is 22.7 Å². The molecule has 0 heterocycles. The maximum atomic E-state index is 5.92. The van der Waals surface area contributed by atoms with Gasteiger partial charge in [0.2, 0.25) is 0 Å². The zero-order chi connectivity index (χ0) is 19.0. The molecule has 0 aromatic heterocycles. The quantitative estimate of drug-likeness (QED) is 0.520. The Morgan fingerprint density at radius 1 is 0.692 bits per heavy atom. The predicted molar refractivity (Wildman–Crippen MR) is 121 cm³/mol. The standard InChI is InChI=1S/C10H14N2S.C10H16N2.Mg.2H/c1-3-7-5-6-8(4-2)10(12-13)9(7)11;1-3-7-5-6-8(4-2)10(12)9(7)11;;;/h5-6H,3-4,11H2,1-2H3;5-6H,3-4,11-12H2,1-2H3;;;/q;;+2;2*-1. The molecule has 4 nitrogen and oxygen atoms in total. The Labute approximate surface area is 182 Å². The average Bonchev–Trinajstić information content (AvgIpc) is 2.64. The third kappa shape index (κ3) is 5.82. The van der Waals surface area contributed by atoms with Crippen LogP contribution >= 0.6 is 0 Å². The van der Waals surface area contributed by atoms with E-state index in [1.807, 2.05) is 0 Å². The summed E-state index contributed by atoms with van der Waals surface area (Å²) in [6.45, 7) is 8.31. The molecule has 0 aliphatic rings. The first-order valence-corrected chi connectivity index (χ1v) is 9.20. The summed E-state index contributed by atoms with van der Waals surface area (Å²) in [5.74, 6) is 0. The molecular formula is C20H32MgN4S. The zero-order valence-electron chi connectivity index (χ0n) is 18.4. The molecule has 0 spiro atoms. The van der Waals surface area contributed by atoms with Gasteiger partial charge in [0.15, 0.2) is 0 Å². The van der Waals surface area contributed by atoms with Crippen molar-refractivity contribution in [3.8, 4) is 0 Å². The summed E-state index contributed by atoms with van der Waals surface area (Å²) in [7, 11) is 0. The third-order valence-electron chi connectivity index (χ3n) is 4.47. The van der Waals surface area contributed by atoms with Crippen LogP contribution in [-0.4, -0.2) is 23.1 Å². The van der Waals surface area contributed by atoms with E-state index in [9.17, 15) is 0 Å². The average molecular weight is 385 g/mol. The van der Waals surface area contributed by atoms with Gasteiger partial charge in [-0.2, -0.15) is 4.36 Å². The molecular weight excluding hydrogens is 353 g/mol. The Balaban J connectivity index is -0.000000404. The predicted octanol–water partition coefficient (Wildman–Crippen LogP) is 4.58. The smallest absolute Gasteiger partial charge is 1.00 e. The maximum Gasteiger partial charge on any atom is 2.00 e. The van der Waals surface area contributed by atoms with Gasteiger partial charge in [-0.3, -0.25) is 0 Å². The van der Waals surface area contributed by atoms with Crippen molar-refractivity contribution >= 4 is 58.2 Å². The minimum absolute atomic E-state index is 0. The second-order valence-corrected chi connectivity index (χ2v) is 6.05. The van der Waals surface area contributed by atoms with Crippen molar-refractivity contribution in [2.24, 2.45) is 4.36 Å². The third-order valence-corrected chi connectivity index (χ3v) is 4.66. The summed E-state index contributed by atoms with van der Waals surface area (Å²) < 4.78 is 3.81. The normalized spacial score (nSPS) is 9.69. The fraction of sp³-hybridized carbons (Fsp3) is 0.400. The number of hydrogen-bond acceptors (Lipinski definition) is 5. The Bertz CT molecular complexity index is 714. The molecule has 0 aliphatic heterocycles. The van der Waals surface area contributed by atoms with Gasteiger partial charge in [0, 0.05) is 12.4 Å². The Morgan fingerprint density at radius 2 is 1.00 bits per heavy atom. The second-order valence-electron chi connectivity index (χ2n) is 5.86. The van der Waals surface area contributed by atoms with Gasteiger partial charge in [0.25, 0.3) is 0 Å². The van der Waals surface area contributed by atoms with Crippen LogP contribution in [0.1, 0.15) is 52.8 Å². The molecule has 0 aliphatic carbocycles. The van der Waals surface area contributed by atoms with Crippen molar-refractivity contribution in [3.63, 3.8) is 0 Å². The topological polar surface area (TPSA) is 90.4 Å². The Hall–Kier alpha value is -1.37.